The molecule has 0 saturated carbocycles. The zero-order valence-electron chi connectivity index (χ0n) is 20.9. The maximum Gasteiger partial charge on any atom is 0.271 e. The average Bonchev–Trinajstić information content (AvgIpc) is 3.31. The molecule has 2 aromatic rings. The number of piperazine rings is 1. The highest BCUT2D eigenvalue weighted by Gasteiger charge is 2.21. The van der Waals surface area contributed by atoms with Gasteiger partial charge in [-0.2, -0.15) is 5.10 Å². The van der Waals surface area contributed by atoms with E-state index < -0.39 is 0 Å². The van der Waals surface area contributed by atoms with E-state index in [2.05, 4.69) is 28.5 Å². The lowest BCUT2D eigenvalue weighted by atomic mass is 10.1. The van der Waals surface area contributed by atoms with E-state index in [1.54, 1.807) is 23.9 Å². The Bertz CT molecular complexity index is 1090. The summed E-state index contributed by atoms with van der Waals surface area (Å²) in [5.41, 5.74) is 3.46. The zero-order chi connectivity index (χ0) is 25.4. The maximum atomic E-state index is 12.8. The van der Waals surface area contributed by atoms with E-state index in [9.17, 15) is 9.59 Å². The minimum atomic E-state index is -0.286. The lowest BCUT2D eigenvalue weighted by Crippen LogP contribution is -2.47. The van der Waals surface area contributed by atoms with Crippen molar-refractivity contribution in [3.63, 3.8) is 0 Å². The number of carbonyl (C=O) groups excluding carboxylic acids is 2. The second-order valence-corrected chi connectivity index (χ2v) is 8.51. The molecule has 1 N–H and O–H groups in total. The Hall–Kier alpha value is -3.65. The van der Waals surface area contributed by atoms with E-state index in [4.69, 9.17) is 4.74 Å². The molecule has 35 heavy (non-hydrogen) atoms. The van der Waals surface area contributed by atoms with Gasteiger partial charge in [-0.15, -0.1) is 0 Å². The van der Waals surface area contributed by atoms with Gasteiger partial charge in [-0.05, 0) is 56.3 Å². The molecule has 1 aliphatic heterocycles. The first-order valence-corrected chi connectivity index (χ1v) is 11.9. The van der Waals surface area contributed by atoms with Crippen LogP contribution in [0, 0.1) is 0 Å². The predicted octanol–water partition coefficient (Wildman–Crippen LogP) is 2.98. The molecule has 3 rings (SSSR count). The van der Waals surface area contributed by atoms with Crippen molar-refractivity contribution < 1.29 is 14.3 Å². The summed E-state index contributed by atoms with van der Waals surface area (Å²) >= 11 is 0. The monoisotopic (exact) mass is 477 g/mol. The molecule has 8 heteroatoms. The minimum absolute atomic E-state index is 0.0383. The summed E-state index contributed by atoms with van der Waals surface area (Å²) in [5.74, 6) is 0.435. The highest BCUT2D eigenvalue weighted by atomic mass is 16.5. The smallest absolute Gasteiger partial charge is 0.271 e. The number of hydrogen-bond acceptors (Lipinski definition) is 5. The molecular formula is C27H35N5O3. The molecule has 2 amide bonds. The van der Waals surface area contributed by atoms with Crippen LogP contribution in [0.25, 0.3) is 5.70 Å². The van der Waals surface area contributed by atoms with E-state index in [1.807, 2.05) is 49.2 Å². The summed E-state index contributed by atoms with van der Waals surface area (Å²) in [6.45, 7) is 13.2. The molecule has 0 bridgehead atoms. The molecule has 1 aromatic carbocycles. The number of nitrogens with one attached hydrogen (secondary N) is 1. The van der Waals surface area contributed by atoms with Gasteiger partial charge in [-0.3, -0.25) is 9.59 Å². The van der Waals surface area contributed by atoms with Crippen LogP contribution < -0.4 is 10.1 Å². The van der Waals surface area contributed by atoms with Gasteiger partial charge in [0.25, 0.3) is 5.91 Å². The number of nitrogens with zero attached hydrogens (tertiary/aromatic N) is 4. The van der Waals surface area contributed by atoms with Crippen LogP contribution in [-0.2, 0) is 11.2 Å². The van der Waals surface area contributed by atoms with Crippen LogP contribution in [0.3, 0.4) is 0 Å². The van der Waals surface area contributed by atoms with E-state index >= 15 is 0 Å². The second kappa shape index (κ2) is 12.2. The first kappa shape index (κ1) is 26.0. The molecule has 1 saturated heterocycles. The fourth-order valence-electron chi connectivity index (χ4n) is 3.91. The normalized spacial score (nSPS) is 14.5. The van der Waals surface area contributed by atoms with Crippen molar-refractivity contribution in [3.05, 3.63) is 78.2 Å². The summed E-state index contributed by atoms with van der Waals surface area (Å²) in [5, 5.41) is 7.46. The minimum Gasteiger partial charge on any atom is -0.497 e. The molecule has 1 aliphatic rings. The van der Waals surface area contributed by atoms with E-state index in [0.717, 1.165) is 35.8 Å². The molecule has 1 aromatic heterocycles. The highest BCUT2D eigenvalue weighted by Crippen LogP contribution is 2.23. The topological polar surface area (TPSA) is 79.7 Å². The molecule has 0 radical (unpaired) electrons. The van der Waals surface area contributed by atoms with Gasteiger partial charge >= 0.3 is 0 Å². The number of carbonyl (C=O) groups is 2. The third kappa shape index (κ3) is 6.48. The Morgan fingerprint density at radius 2 is 1.86 bits per heavy atom. The number of ether oxygens (including phenoxy) is 1. The summed E-state index contributed by atoms with van der Waals surface area (Å²) in [4.78, 5) is 29.5. The van der Waals surface area contributed by atoms with Gasteiger partial charge in [0.05, 0.1) is 12.8 Å². The SMILES string of the molecule is C=C/C=C(/c1ccc(OC)cc1)n1nc(C(=O)NCCC(=C)C(=O)N2CCN(C)CC2)cc1CC. The predicted molar refractivity (Wildman–Crippen MR) is 138 cm³/mol. The van der Waals surface area contributed by atoms with Crippen LogP contribution in [0.1, 0.15) is 35.1 Å². The summed E-state index contributed by atoms with van der Waals surface area (Å²) < 4.78 is 7.03. The number of likely N-dealkylation sites (N-methyl/N-ethyl adjacent to an activating group) is 1. The van der Waals surface area contributed by atoms with E-state index in [-0.39, 0.29) is 11.8 Å². The quantitative estimate of drug-likeness (QED) is 0.420. The molecule has 186 valence electrons. The summed E-state index contributed by atoms with van der Waals surface area (Å²) in [6, 6.07) is 9.44. The second-order valence-electron chi connectivity index (χ2n) is 8.51. The van der Waals surface area contributed by atoms with Crippen molar-refractivity contribution in [2.45, 2.75) is 19.8 Å². The van der Waals surface area contributed by atoms with Crippen molar-refractivity contribution in [1.29, 1.82) is 0 Å². The van der Waals surface area contributed by atoms with Crippen molar-refractivity contribution in [3.8, 4) is 5.75 Å². The Morgan fingerprint density at radius 3 is 2.46 bits per heavy atom. The Kier molecular flexibility index (Phi) is 9.03. The molecule has 0 spiro atoms. The van der Waals surface area contributed by atoms with Crippen molar-refractivity contribution in [2.24, 2.45) is 0 Å². The molecule has 0 unspecified atom stereocenters. The van der Waals surface area contributed by atoms with Gasteiger partial charge in [0.15, 0.2) is 5.69 Å². The first-order chi connectivity index (χ1) is 16.9. The first-order valence-electron chi connectivity index (χ1n) is 11.9. The van der Waals surface area contributed by atoms with E-state index in [0.29, 0.717) is 43.7 Å². The van der Waals surface area contributed by atoms with Gasteiger partial charge in [0.2, 0.25) is 5.91 Å². The van der Waals surface area contributed by atoms with Crippen LogP contribution >= 0.6 is 0 Å². The molecule has 8 nitrogen and oxygen atoms in total. The van der Waals surface area contributed by atoms with Gasteiger partial charge < -0.3 is 19.9 Å². The zero-order valence-corrected chi connectivity index (χ0v) is 20.9. The van der Waals surface area contributed by atoms with E-state index in [1.165, 1.54) is 0 Å². The number of allylic oxidation sites excluding steroid dienone is 2. The third-order valence-electron chi connectivity index (χ3n) is 6.07. The summed E-state index contributed by atoms with van der Waals surface area (Å²) in [7, 11) is 3.67. The van der Waals surface area contributed by atoms with Gasteiger partial charge in [0, 0.05) is 49.6 Å². The lowest BCUT2D eigenvalue weighted by Gasteiger charge is -2.32. The maximum absolute atomic E-state index is 12.8. The van der Waals surface area contributed by atoms with Crippen LogP contribution in [-0.4, -0.2) is 78.3 Å². The van der Waals surface area contributed by atoms with Crippen LogP contribution in [0.4, 0.5) is 0 Å². The van der Waals surface area contributed by atoms with Crippen LogP contribution in [0.2, 0.25) is 0 Å². The Balaban J connectivity index is 1.65. The number of rotatable bonds is 10. The van der Waals surface area contributed by atoms with Crippen molar-refractivity contribution in [2.75, 3.05) is 46.9 Å². The molecule has 0 atom stereocenters. The molecule has 0 aliphatic carbocycles. The lowest BCUT2D eigenvalue weighted by molar-refractivity contribution is -0.128. The van der Waals surface area contributed by atoms with Crippen molar-refractivity contribution in [1.82, 2.24) is 24.9 Å². The molecular weight excluding hydrogens is 442 g/mol. The standard InChI is InChI=1S/C27H35N5O3/c1-6-8-25(21-9-11-23(35-5)12-10-21)32-22(7-2)19-24(29-32)26(33)28-14-13-20(3)27(34)31-17-15-30(4)16-18-31/h6,8-12,19H,1,3,7,13-18H2,2,4-5H3,(H,28,33)/b25-8-. The average molecular weight is 478 g/mol. The summed E-state index contributed by atoms with van der Waals surface area (Å²) in [6.07, 6.45) is 4.65. The van der Waals surface area contributed by atoms with Crippen LogP contribution in [0.5, 0.6) is 5.75 Å². The number of aromatic nitrogens is 2. The number of benzene rings is 1. The number of aryl methyl sites for hydroxylation is 1. The fraction of sp³-hybridized carbons (Fsp3) is 0.370. The van der Waals surface area contributed by atoms with Crippen LogP contribution in [0.15, 0.2) is 61.2 Å². The van der Waals surface area contributed by atoms with Gasteiger partial charge in [0.1, 0.15) is 5.75 Å². The highest BCUT2D eigenvalue weighted by molar-refractivity contribution is 5.94. The Morgan fingerprint density at radius 1 is 1.17 bits per heavy atom. The van der Waals surface area contributed by atoms with Crippen molar-refractivity contribution >= 4 is 17.5 Å². The van der Waals surface area contributed by atoms with Gasteiger partial charge in [-0.25, -0.2) is 4.68 Å². The molecule has 2 heterocycles. The number of amides is 2. The number of hydrogen-bond donors (Lipinski definition) is 1. The largest absolute Gasteiger partial charge is 0.497 e. The Labute approximate surface area is 207 Å². The van der Waals surface area contributed by atoms with Gasteiger partial charge in [-0.1, -0.05) is 26.2 Å². The number of methoxy groups -OCH3 is 1. The fourth-order valence-corrected chi connectivity index (χ4v) is 3.91. The third-order valence-corrected chi connectivity index (χ3v) is 6.07. The molecule has 1 fully saturated rings.